The van der Waals surface area contributed by atoms with E-state index in [-0.39, 0.29) is 6.61 Å². The molecule has 2 rings (SSSR count). The molecule has 0 spiro atoms. The van der Waals surface area contributed by atoms with Gasteiger partial charge in [-0.1, -0.05) is 30.3 Å². The molecule has 0 aliphatic heterocycles. The molecule has 0 aliphatic carbocycles. The second-order valence-corrected chi connectivity index (χ2v) is 3.89. The van der Waals surface area contributed by atoms with E-state index < -0.39 is 0 Å². The highest BCUT2D eigenvalue weighted by molar-refractivity contribution is 5.28. The van der Waals surface area contributed by atoms with Gasteiger partial charge in [-0.2, -0.15) is 4.98 Å². The Balaban J connectivity index is 2.04. The molecule has 0 radical (unpaired) electrons. The maximum absolute atomic E-state index is 8.83. The predicted octanol–water partition coefficient (Wildman–Crippen LogP) is 0.824. The molecule has 5 heteroatoms. The van der Waals surface area contributed by atoms with Crippen molar-refractivity contribution in [1.82, 2.24) is 15.2 Å². The van der Waals surface area contributed by atoms with Crippen LogP contribution in [0.15, 0.2) is 30.3 Å². The smallest absolute Gasteiger partial charge is 0.244 e. The largest absolute Gasteiger partial charge is 0.395 e. The number of anilines is 1. The second kappa shape index (κ2) is 5.45. The van der Waals surface area contributed by atoms with Crippen LogP contribution in [-0.2, 0) is 6.42 Å². The number of aliphatic hydroxyl groups is 1. The van der Waals surface area contributed by atoms with Crippen LogP contribution in [0.25, 0.3) is 0 Å². The SMILES string of the molecule is CN(CCO)c1n[nH]c(Cc2ccccc2)n1. The Morgan fingerprint density at radius 3 is 2.76 bits per heavy atom. The number of H-pyrrole nitrogens is 1. The summed E-state index contributed by atoms with van der Waals surface area (Å²) in [5.74, 6) is 1.45. The lowest BCUT2D eigenvalue weighted by molar-refractivity contribution is 0.303. The molecule has 0 amide bonds. The van der Waals surface area contributed by atoms with Crippen LogP contribution in [0.5, 0.6) is 0 Å². The van der Waals surface area contributed by atoms with Gasteiger partial charge in [-0.15, -0.1) is 5.10 Å². The van der Waals surface area contributed by atoms with Crippen LogP contribution in [0.2, 0.25) is 0 Å². The summed E-state index contributed by atoms with van der Waals surface area (Å²) in [6.45, 7) is 0.627. The number of hydrogen-bond acceptors (Lipinski definition) is 4. The van der Waals surface area contributed by atoms with Crippen molar-refractivity contribution in [2.45, 2.75) is 6.42 Å². The molecule has 5 nitrogen and oxygen atoms in total. The number of rotatable bonds is 5. The molecule has 17 heavy (non-hydrogen) atoms. The number of aromatic nitrogens is 3. The van der Waals surface area contributed by atoms with Gasteiger partial charge in [0.2, 0.25) is 5.95 Å². The third-order valence-corrected chi connectivity index (χ3v) is 2.51. The number of hydrogen-bond donors (Lipinski definition) is 2. The monoisotopic (exact) mass is 232 g/mol. The van der Waals surface area contributed by atoms with Crippen molar-refractivity contribution in [3.8, 4) is 0 Å². The van der Waals surface area contributed by atoms with Gasteiger partial charge in [0.25, 0.3) is 0 Å². The zero-order valence-electron chi connectivity index (χ0n) is 9.80. The molecule has 1 aromatic heterocycles. The molecule has 1 aromatic carbocycles. The van der Waals surface area contributed by atoms with Gasteiger partial charge >= 0.3 is 0 Å². The van der Waals surface area contributed by atoms with Crippen LogP contribution in [0.4, 0.5) is 5.95 Å². The minimum absolute atomic E-state index is 0.0963. The molecule has 0 bridgehead atoms. The molecule has 2 aromatic rings. The van der Waals surface area contributed by atoms with E-state index in [4.69, 9.17) is 5.11 Å². The summed E-state index contributed by atoms with van der Waals surface area (Å²) in [4.78, 5) is 6.18. The average Bonchev–Trinajstić information content (AvgIpc) is 2.79. The van der Waals surface area contributed by atoms with Gasteiger partial charge in [0, 0.05) is 20.0 Å². The Labute approximate surface area is 100 Å². The lowest BCUT2D eigenvalue weighted by Crippen LogP contribution is -2.22. The highest BCUT2D eigenvalue weighted by Crippen LogP contribution is 2.08. The first-order valence-electron chi connectivity index (χ1n) is 5.57. The van der Waals surface area contributed by atoms with Crippen LogP contribution in [0, 0.1) is 0 Å². The summed E-state index contributed by atoms with van der Waals surface area (Å²) >= 11 is 0. The third-order valence-electron chi connectivity index (χ3n) is 2.51. The van der Waals surface area contributed by atoms with Crippen LogP contribution in [0.1, 0.15) is 11.4 Å². The number of nitrogens with one attached hydrogen (secondary N) is 1. The summed E-state index contributed by atoms with van der Waals surface area (Å²) in [7, 11) is 1.85. The number of nitrogens with zero attached hydrogens (tertiary/aromatic N) is 3. The maximum Gasteiger partial charge on any atom is 0.244 e. The summed E-state index contributed by atoms with van der Waals surface area (Å²) in [5.41, 5.74) is 1.19. The second-order valence-electron chi connectivity index (χ2n) is 3.89. The highest BCUT2D eigenvalue weighted by atomic mass is 16.3. The zero-order valence-corrected chi connectivity index (χ0v) is 9.80. The van der Waals surface area contributed by atoms with Gasteiger partial charge in [-0.3, -0.25) is 5.10 Å². The number of aliphatic hydroxyl groups excluding tert-OH is 1. The molecule has 1 heterocycles. The van der Waals surface area contributed by atoms with E-state index >= 15 is 0 Å². The molecule has 2 N–H and O–H groups in total. The first kappa shape index (κ1) is 11.6. The van der Waals surface area contributed by atoms with Gasteiger partial charge in [0.05, 0.1) is 6.61 Å². The predicted molar refractivity (Wildman–Crippen MR) is 66.0 cm³/mol. The number of benzene rings is 1. The Morgan fingerprint density at radius 2 is 2.06 bits per heavy atom. The van der Waals surface area contributed by atoms with Crippen molar-refractivity contribution >= 4 is 5.95 Å². The van der Waals surface area contributed by atoms with Crippen LogP contribution in [-0.4, -0.2) is 40.5 Å². The van der Waals surface area contributed by atoms with Crippen LogP contribution >= 0.6 is 0 Å². The highest BCUT2D eigenvalue weighted by Gasteiger charge is 2.07. The Kier molecular flexibility index (Phi) is 3.72. The fraction of sp³-hybridized carbons (Fsp3) is 0.333. The minimum Gasteiger partial charge on any atom is -0.395 e. The van der Waals surface area contributed by atoms with Gasteiger partial charge < -0.3 is 10.0 Å². The van der Waals surface area contributed by atoms with Gasteiger partial charge in [-0.05, 0) is 5.56 Å². The molecular formula is C12H16N4O. The van der Waals surface area contributed by atoms with Crippen molar-refractivity contribution in [2.75, 3.05) is 25.1 Å². The van der Waals surface area contributed by atoms with E-state index in [2.05, 4.69) is 27.3 Å². The molecule has 0 fully saturated rings. The summed E-state index contributed by atoms with van der Waals surface area (Å²) in [6.07, 6.45) is 0.737. The Bertz CT molecular complexity index is 455. The normalized spacial score (nSPS) is 10.5. The van der Waals surface area contributed by atoms with Crippen molar-refractivity contribution in [1.29, 1.82) is 0 Å². The van der Waals surface area contributed by atoms with E-state index in [1.54, 1.807) is 0 Å². The molecule has 90 valence electrons. The van der Waals surface area contributed by atoms with E-state index in [1.807, 2.05) is 30.1 Å². The molecule has 0 unspecified atom stereocenters. The number of likely N-dealkylation sites (N-methyl/N-ethyl adjacent to an activating group) is 1. The fourth-order valence-corrected chi connectivity index (χ4v) is 1.57. The van der Waals surface area contributed by atoms with Gasteiger partial charge in [0.15, 0.2) is 0 Å². The molecule has 0 aliphatic rings. The van der Waals surface area contributed by atoms with E-state index in [1.165, 1.54) is 5.56 Å². The van der Waals surface area contributed by atoms with Gasteiger partial charge in [0.1, 0.15) is 5.82 Å². The summed E-state index contributed by atoms with van der Waals surface area (Å²) in [5, 5.41) is 15.9. The average molecular weight is 232 g/mol. The third kappa shape index (κ3) is 3.04. The van der Waals surface area contributed by atoms with E-state index in [9.17, 15) is 0 Å². The lowest BCUT2D eigenvalue weighted by atomic mass is 10.1. The van der Waals surface area contributed by atoms with E-state index in [0.29, 0.717) is 12.5 Å². The molecule has 0 saturated heterocycles. The molecular weight excluding hydrogens is 216 g/mol. The summed E-state index contributed by atoms with van der Waals surface area (Å²) < 4.78 is 0. The van der Waals surface area contributed by atoms with Gasteiger partial charge in [-0.25, -0.2) is 0 Å². The fourth-order valence-electron chi connectivity index (χ4n) is 1.57. The van der Waals surface area contributed by atoms with Crippen LogP contribution in [0.3, 0.4) is 0 Å². The standard InChI is InChI=1S/C12H16N4O/c1-16(7-8-17)12-13-11(14-15-12)9-10-5-3-2-4-6-10/h2-6,17H,7-9H2,1H3,(H,13,14,15). The van der Waals surface area contributed by atoms with E-state index in [0.717, 1.165) is 12.2 Å². The minimum atomic E-state index is 0.0963. The van der Waals surface area contributed by atoms with Crippen molar-refractivity contribution in [3.63, 3.8) is 0 Å². The maximum atomic E-state index is 8.83. The Morgan fingerprint density at radius 1 is 1.29 bits per heavy atom. The topological polar surface area (TPSA) is 65.0 Å². The Hall–Kier alpha value is -1.88. The number of aromatic amines is 1. The lowest BCUT2D eigenvalue weighted by Gasteiger charge is -2.11. The molecule has 0 atom stereocenters. The summed E-state index contributed by atoms with van der Waals surface area (Å²) in [6, 6.07) is 10.1. The first-order valence-corrected chi connectivity index (χ1v) is 5.57. The quantitative estimate of drug-likeness (QED) is 0.801. The van der Waals surface area contributed by atoms with Crippen molar-refractivity contribution < 1.29 is 5.11 Å². The first-order chi connectivity index (χ1) is 8.29. The van der Waals surface area contributed by atoms with Crippen molar-refractivity contribution in [2.24, 2.45) is 0 Å². The van der Waals surface area contributed by atoms with Crippen LogP contribution < -0.4 is 4.90 Å². The van der Waals surface area contributed by atoms with Crippen molar-refractivity contribution in [3.05, 3.63) is 41.7 Å². The zero-order chi connectivity index (χ0) is 12.1. The molecule has 0 saturated carbocycles.